The molecule has 1 aromatic heterocycles. The van der Waals surface area contributed by atoms with Gasteiger partial charge in [-0.05, 0) is 35.6 Å². The van der Waals surface area contributed by atoms with Crippen molar-refractivity contribution < 1.29 is 14.0 Å². The third kappa shape index (κ3) is 3.35. The van der Waals surface area contributed by atoms with Gasteiger partial charge >= 0.3 is 0 Å². The van der Waals surface area contributed by atoms with Crippen molar-refractivity contribution in [1.29, 1.82) is 0 Å². The van der Waals surface area contributed by atoms with Crippen LogP contribution in [0.1, 0.15) is 35.5 Å². The molecule has 1 aliphatic rings. The molecule has 1 aromatic carbocycles. The van der Waals surface area contributed by atoms with E-state index >= 15 is 0 Å². The molecule has 5 nitrogen and oxygen atoms in total. The highest BCUT2D eigenvalue weighted by Gasteiger charge is 2.31. The number of fused-ring (bicyclic) bond motifs is 1. The maximum atomic E-state index is 12.9. The molecule has 1 aliphatic heterocycles. The van der Waals surface area contributed by atoms with Crippen molar-refractivity contribution >= 4 is 11.8 Å². The molecular formula is C19H22N2O3. The average Bonchev–Trinajstić information content (AvgIpc) is 3.13. The molecule has 0 aliphatic carbocycles. The minimum absolute atomic E-state index is 0.00594. The summed E-state index contributed by atoms with van der Waals surface area (Å²) < 4.78 is 5.11. The second-order valence-corrected chi connectivity index (χ2v) is 6.45. The third-order valence-electron chi connectivity index (χ3n) is 4.41. The van der Waals surface area contributed by atoms with Crippen LogP contribution >= 0.6 is 0 Å². The standard InChI is InChI=1S/C19H22N2O3/c1-13(2)17(20-18(22)16-8-5-11-24-16)19(23)21-10-9-14-6-3-4-7-15(14)12-21/h3-8,11,13,17H,9-10,12H2,1-2H3,(H,20,22). The Kier molecular flexibility index (Phi) is 4.69. The molecule has 2 aromatic rings. The number of carbonyl (C=O) groups is 2. The first-order chi connectivity index (χ1) is 11.6. The number of rotatable bonds is 4. The SMILES string of the molecule is CC(C)C(NC(=O)c1ccco1)C(=O)N1CCc2ccccc2C1. The average molecular weight is 326 g/mol. The summed E-state index contributed by atoms with van der Waals surface area (Å²) in [5.41, 5.74) is 2.47. The Morgan fingerprint density at radius 2 is 1.88 bits per heavy atom. The summed E-state index contributed by atoms with van der Waals surface area (Å²) in [6, 6.07) is 10.9. The van der Waals surface area contributed by atoms with Crippen LogP contribution < -0.4 is 5.32 Å². The Bertz CT molecular complexity index is 722. The number of benzene rings is 1. The van der Waals surface area contributed by atoms with Gasteiger partial charge < -0.3 is 14.6 Å². The topological polar surface area (TPSA) is 62.6 Å². The van der Waals surface area contributed by atoms with Gasteiger partial charge in [0.2, 0.25) is 5.91 Å². The first kappa shape index (κ1) is 16.3. The summed E-state index contributed by atoms with van der Waals surface area (Å²) in [5.74, 6) is -0.185. The molecule has 5 heteroatoms. The summed E-state index contributed by atoms with van der Waals surface area (Å²) in [6.07, 6.45) is 2.29. The van der Waals surface area contributed by atoms with E-state index in [1.165, 1.54) is 17.4 Å². The van der Waals surface area contributed by atoms with Gasteiger partial charge in [-0.25, -0.2) is 0 Å². The first-order valence-electron chi connectivity index (χ1n) is 8.26. The summed E-state index contributed by atoms with van der Waals surface area (Å²) in [7, 11) is 0. The van der Waals surface area contributed by atoms with Gasteiger partial charge in [-0.3, -0.25) is 9.59 Å². The predicted molar refractivity (Wildman–Crippen MR) is 90.4 cm³/mol. The Morgan fingerprint density at radius 3 is 2.54 bits per heavy atom. The second-order valence-electron chi connectivity index (χ2n) is 6.45. The Labute approximate surface area is 141 Å². The minimum Gasteiger partial charge on any atom is -0.459 e. The van der Waals surface area contributed by atoms with Crippen LogP contribution in [0.5, 0.6) is 0 Å². The molecule has 1 atom stereocenters. The van der Waals surface area contributed by atoms with Crippen molar-refractivity contribution in [2.75, 3.05) is 6.54 Å². The van der Waals surface area contributed by atoms with E-state index in [1.54, 1.807) is 12.1 Å². The lowest BCUT2D eigenvalue weighted by molar-refractivity contribution is -0.135. The quantitative estimate of drug-likeness (QED) is 0.939. The van der Waals surface area contributed by atoms with E-state index in [0.29, 0.717) is 13.1 Å². The van der Waals surface area contributed by atoms with Crippen LogP contribution in [-0.2, 0) is 17.8 Å². The molecule has 2 heterocycles. The summed E-state index contributed by atoms with van der Waals surface area (Å²) in [4.78, 5) is 27.0. The van der Waals surface area contributed by atoms with Crippen LogP contribution in [0.15, 0.2) is 47.1 Å². The molecule has 0 saturated carbocycles. The zero-order valence-electron chi connectivity index (χ0n) is 14.0. The van der Waals surface area contributed by atoms with Gasteiger partial charge in [0, 0.05) is 13.1 Å². The van der Waals surface area contributed by atoms with E-state index in [0.717, 1.165) is 6.42 Å². The molecule has 0 fully saturated rings. The predicted octanol–water partition coefficient (Wildman–Crippen LogP) is 2.62. The van der Waals surface area contributed by atoms with Crippen LogP contribution in [0.2, 0.25) is 0 Å². The first-order valence-corrected chi connectivity index (χ1v) is 8.26. The molecule has 1 unspecified atom stereocenters. The number of nitrogens with zero attached hydrogens (tertiary/aromatic N) is 1. The van der Waals surface area contributed by atoms with Crippen LogP contribution in [0, 0.1) is 5.92 Å². The summed E-state index contributed by atoms with van der Waals surface area (Å²) in [6.45, 7) is 5.14. The molecule has 0 spiro atoms. The highest BCUT2D eigenvalue weighted by molar-refractivity contribution is 5.95. The number of amides is 2. The van der Waals surface area contributed by atoms with Crippen LogP contribution in [0.25, 0.3) is 0 Å². The van der Waals surface area contributed by atoms with E-state index < -0.39 is 6.04 Å². The van der Waals surface area contributed by atoms with Crippen LogP contribution in [0.3, 0.4) is 0 Å². The molecular weight excluding hydrogens is 304 g/mol. The normalized spacial score (nSPS) is 15.0. The molecule has 1 N–H and O–H groups in total. The van der Waals surface area contributed by atoms with E-state index in [-0.39, 0.29) is 23.5 Å². The van der Waals surface area contributed by atoms with Gasteiger partial charge in [-0.1, -0.05) is 38.1 Å². The fourth-order valence-electron chi connectivity index (χ4n) is 3.01. The highest BCUT2D eigenvalue weighted by atomic mass is 16.3. The smallest absolute Gasteiger partial charge is 0.287 e. The largest absolute Gasteiger partial charge is 0.459 e. The van der Waals surface area contributed by atoms with Crippen molar-refractivity contribution in [3.8, 4) is 0 Å². The number of carbonyl (C=O) groups excluding carboxylic acids is 2. The zero-order chi connectivity index (χ0) is 17.1. The Morgan fingerprint density at radius 1 is 1.12 bits per heavy atom. The van der Waals surface area contributed by atoms with Crippen molar-refractivity contribution in [2.24, 2.45) is 5.92 Å². The van der Waals surface area contributed by atoms with Crippen molar-refractivity contribution in [1.82, 2.24) is 10.2 Å². The molecule has 0 saturated heterocycles. The summed E-state index contributed by atoms with van der Waals surface area (Å²) >= 11 is 0. The third-order valence-corrected chi connectivity index (χ3v) is 4.41. The molecule has 0 bridgehead atoms. The van der Waals surface area contributed by atoms with E-state index in [4.69, 9.17) is 4.42 Å². The number of furan rings is 1. The van der Waals surface area contributed by atoms with Gasteiger partial charge in [0.1, 0.15) is 6.04 Å². The van der Waals surface area contributed by atoms with Gasteiger partial charge in [-0.2, -0.15) is 0 Å². The summed E-state index contributed by atoms with van der Waals surface area (Å²) in [5, 5.41) is 2.82. The lowest BCUT2D eigenvalue weighted by Gasteiger charge is -2.33. The zero-order valence-corrected chi connectivity index (χ0v) is 14.0. The fourth-order valence-corrected chi connectivity index (χ4v) is 3.01. The van der Waals surface area contributed by atoms with Crippen molar-refractivity contribution in [3.63, 3.8) is 0 Å². The monoisotopic (exact) mass is 326 g/mol. The van der Waals surface area contributed by atoms with Gasteiger partial charge in [-0.15, -0.1) is 0 Å². The molecule has 2 amide bonds. The minimum atomic E-state index is -0.562. The molecule has 3 rings (SSSR count). The molecule has 0 radical (unpaired) electrons. The van der Waals surface area contributed by atoms with Gasteiger partial charge in [0.05, 0.1) is 6.26 Å². The van der Waals surface area contributed by atoms with Crippen molar-refractivity contribution in [3.05, 3.63) is 59.5 Å². The number of hydrogen-bond donors (Lipinski definition) is 1. The van der Waals surface area contributed by atoms with E-state index in [9.17, 15) is 9.59 Å². The Balaban J connectivity index is 1.72. The van der Waals surface area contributed by atoms with E-state index in [2.05, 4.69) is 17.4 Å². The maximum Gasteiger partial charge on any atom is 0.287 e. The van der Waals surface area contributed by atoms with Crippen LogP contribution in [-0.4, -0.2) is 29.3 Å². The maximum absolute atomic E-state index is 12.9. The van der Waals surface area contributed by atoms with Gasteiger partial charge in [0.25, 0.3) is 5.91 Å². The van der Waals surface area contributed by atoms with Crippen molar-refractivity contribution in [2.45, 2.75) is 32.9 Å². The molecule has 24 heavy (non-hydrogen) atoms. The number of nitrogens with one attached hydrogen (secondary N) is 1. The highest BCUT2D eigenvalue weighted by Crippen LogP contribution is 2.20. The lowest BCUT2D eigenvalue weighted by atomic mass is 9.97. The molecule has 126 valence electrons. The van der Waals surface area contributed by atoms with Crippen LogP contribution in [0.4, 0.5) is 0 Å². The van der Waals surface area contributed by atoms with Gasteiger partial charge in [0.15, 0.2) is 5.76 Å². The second kappa shape index (κ2) is 6.91. The van der Waals surface area contributed by atoms with E-state index in [1.807, 2.05) is 30.9 Å². The fraction of sp³-hybridized carbons (Fsp3) is 0.368. The Hall–Kier alpha value is -2.56. The number of hydrogen-bond acceptors (Lipinski definition) is 3. The lowest BCUT2D eigenvalue weighted by Crippen LogP contribution is -2.52.